The molecule has 3 aromatic heterocycles. The fourth-order valence-electron chi connectivity index (χ4n) is 2.93. The lowest BCUT2D eigenvalue weighted by Crippen LogP contribution is -2.35. The number of hydrogen-bond acceptors (Lipinski definition) is 6. The first-order valence-corrected chi connectivity index (χ1v) is 7.08. The van der Waals surface area contributed by atoms with Crippen molar-refractivity contribution in [3.05, 3.63) is 36.7 Å². The van der Waals surface area contributed by atoms with Crippen LogP contribution in [0.2, 0.25) is 0 Å². The Balaban J connectivity index is 1.64. The predicted molar refractivity (Wildman–Crippen MR) is 77.9 cm³/mol. The van der Waals surface area contributed by atoms with Gasteiger partial charge in [-0.25, -0.2) is 15.0 Å². The largest absolute Gasteiger partial charge is 0.355 e. The molecular weight excluding hydrogens is 266 g/mol. The molecule has 0 amide bonds. The predicted octanol–water partition coefficient (Wildman–Crippen LogP) is 1.53. The first kappa shape index (κ1) is 12.2. The van der Waals surface area contributed by atoms with E-state index in [1.807, 2.05) is 6.20 Å². The Bertz CT molecular complexity index is 739. The minimum atomic E-state index is 0.363. The number of hydrogen-bond donors (Lipinski definition) is 1. The second kappa shape index (κ2) is 5.08. The second-order valence-corrected chi connectivity index (χ2v) is 5.21. The Morgan fingerprint density at radius 2 is 2.00 bits per heavy atom. The van der Waals surface area contributed by atoms with Crippen LogP contribution in [0.15, 0.2) is 31.0 Å². The van der Waals surface area contributed by atoms with Gasteiger partial charge in [0.05, 0.1) is 11.9 Å². The molecule has 1 N–H and O–H groups in total. The zero-order valence-electron chi connectivity index (χ0n) is 11.5. The van der Waals surface area contributed by atoms with Gasteiger partial charge in [-0.15, -0.1) is 0 Å². The molecule has 7 nitrogen and oxygen atoms in total. The fraction of sp³-hybridized carbons (Fsp3) is 0.357. The van der Waals surface area contributed by atoms with Crippen LogP contribution in [0.4, 0.5) is 5.82 Å². The molecule has 0 aromatic carbocycles. The van der Waals surface area contributed by atoms with Gasteiger partial charge in [0.15, 0.2) is 5.65 Å². The first-order valence-electron chi connectivity index (χ1n) is 7.08. The lowest BCUT2D eigenvalue weighted by molar-refractivity contribution is 0.499. The van der Waals surface area contributed by atoms with Gasteiger partial charge in [0.25, 0.3) is 0 Å². The lowest BCUT2D eigenvalue weighted by atomic mass is 9.94. The maximum atomic E-state index is 4.41. The van der Waals surface area contributed by atoms with Gasteiger partial charge in [-0.2, -0.15) is 5.10 Å². The maximum Gasteiger partial charge on any atom is 0.199 e. The van der Waals surface area contributed by atoms with E-state index in [1.165, 1.54) is 0 Å². The zero-order chi connectivity index (χ0) is 14.1. The van der Waals surface area contributed by atoms with Crippen LogP contribution in [0.25, 0.3) is 11.2 Å². The molecule has 0 spiro atoms. The zero-order valence-corrected chi connectivity index (χ0v) is 11.5. The van der Waals surface area contributed by atoms with Crippen molar-refractivity contribution < 1.29 is 0 Å². The van der Waals surface area contributed by atoms with Crippen molar-refractivity contribution in [3.63, 3.8) is 0 Å². The molecule has 4 rings (SSSR count). The average Bonchev–Trinajstić information content (AvgIpc) is 3.00. The van der Waals surface area contributed by atoms with Gasteiger partial charge in [-0.1, -0.05) is 0 Å². The molecule has 21 heavy (non-hydrogen) atoms. The van der Waals surface area contributed by atoms with E-state index in [0.717, 1.165) is 43.0 Å². The summed E-state index contributed by atoms with van der Waals surface area (Å²) >= 11 is 0. The molecule has 0 saturated carbocycles. The van der Waals surface area contributed by atoms with Crippen molar-refractivity contribution in [3.8, 4) is 0 Å². The Kier molecular flexibility index (Phi) is 2.95. The molecule has 0 bridgehead atoms. The molecular formula is C14H15N7. The van der Waals surface area contributed by atoms with E-state index in [0.29, 0.717) is 11.6 Å². The minimum Gasteiger partial charge on any atom is -0.355 e. The molecule has 1 unspecified atom stereocenters. The summed E-state index contributed by atoms with van der Waals surface area (Å²) in [7, 11) is 0. The van der Waals surface area contributed by atoms with E-state index < -0.39 is 0 Å². The quantitative estimate of drug-likeness (QED) is 0.767. The van der Waals surface area contributed by atoms with Crippen molar-refractivity contribution in [1.29, 1.82) is 0 Å². The van der Waals surface area contributed by atoms with Crippen molar-refractivity contribution in [1.82, 2.24) is 30.1 Å². The highest BCUT2D eigenvalue weighted by Gasteiger charge is 2.25. The van der Waals surface area contributed by atoms with Crippen LogP contribution in [0.1, 0.15) is 24.5 Å². The molecule has 3 aromatic rings. The number of fused-ring (bicyclic) bond motifs is 1. The molecule has 106 valence electrons. The van der Waals surface area contributed by atoms with Crippen LogP contribution >= 0.6 is 0 Å². The molecule has 1 aliphatic heterocycles. The highest BCUT2D eigenvalue weighted by Crippen LogP contribution is 2.30. The number of nitrogens with zero attached hydrogens (tertiary/aromatic N) is 6. The average molecular weight is 281 g/mol. The van der Waals surface area contributed by atoms with Gasteiger partial charge < -0.3 is 4.90 Å². The fourth-order valence-corrected chi connectivity index (χ4v) is 2.93. The molecule has 4 heterocycles. The van der Waals surface area contributed by atoms with Gasteiger partial charge in [-0.05, 0) is 12.8 Å². The summed E-state index contributed by atoms with van der Waals surface area (Å²) in [6, 6.07) is 0. The number of piperidine rings is 1. The van der Waals surface area contributed by atoms with E-state index >= 15 is 0 Å². The molecule has 0 radical (unpaired) electrons. The summed E-state index contributed by atoms with van der Waals surface area (Å²) in [6.45, 7) is 1.90. The summed E-state index contributed by atoms with van der Waals surface area (Å²) in [6.07, 6.45) is 10.9. The summed E-state index contributed by atoms with van der Waals surface area (Å²) in [5, 5.41) is 7.36. The van der Waals surface area contributed by atoms with E-state index in [1.54, 1.807) is 24.8 Å². The van der Waals surface area contributed by atoms with Gasteiger partial charge in [-0.3, -0.25) is 10.1 Å². The highest BCUT2D eigenvalue weighted by molar-refractivity contribution is 5.73. The molecule has 1 saturated heterocycles. The van der Waals surface area contributed by atoms with Crippen molar-refractivity contribution in [2.45, 2.75) is 18.8 Å². The number of H-pyrrole nitrogens is 1. The van der Waals surface area contributed by atoms with E-state index in [9.17, 15) is 0 Å². The van der Waals surface area contributed by atoms with Gasteiger partial charge in [0.2, 0.25) is 0 Å². The van der Waals surface area contributed by atoms with Gasteiger partial charge in [0, 0.05) is 43.8 Å². The molecule has 1 aliphatic rings. The van der Waals surface area contributed by atoms with Crippen LogP contribution < -0.4 is 4.90 Å². The Morgan fingerprint density at radius 1 is 1.10 bits per heavy atom. The Labute approximate surface area is 121 Å². The van der Waals surface area contributed by atoms with Crippen LogP contribution in [0, 0.1) is 0 Å². The highest BCUT2D eigenvalue weighted by atomic mass is 15.2. The third-order valence-corrected chi connectivity index (χ3v) is 3.92. The van der Waals surface area contributed by atoms with Crippen molar-refractivity contribution in [2.75, 3.05) is 18.0 Å². The maximum absolute atomic E-state index is 4.41. The third kappa shape index (κ3) is 2.20. The number of nitrogens with one attached hydrogen (secondary N) is 1. The summed E-state index contributed by atoms with van der Waals surface area (Å²) in [5.74, 6) is 1.29. The second-order valence-electron chi connectivity index (χ2n) is 5.21. The first-order chi connectivity index (χ1) is 10.4. The van der Waals surface area contributed by atoms with E-state index in [2.05, 4.69) is 35.0 Å². The Morgan fingerprint density at radius 3 is 2.90 bits per heavy atom. The molecule has 1 atom stereocenters. The van der Waals surface area contributed by atoms with Crippen LogP contribution in [-0.4, -0.2) is 43.2 Å². The normalized spacial score (nSPS) is 19.0. The number of rotatable bonds is 2. The summed E-state index contributed by atoms with van der Waals surface area (Å²) < 4.78 is 0. The van der Waals surface area contributed by atoms with Gasteiger partial charge in [0.1, 0.15) is 11.3 Å². The van der Waals surface area contributed by atoms with Crippen molar-refractivity contribution in [2.24, 2.45) is 0 Å². The molecule has 7 heteroatoms. The SMILES string of the molecule is c1cnc(N2CCCC(c3[nH]nc4nccnc34)C2)cn1. The van der Waals surface area contributed by atoms with Crippen molar-refractivity contribution >= 4 is 17.0 Å². The number of anilines is 1. The summed E-state index contributed by atoms with van der Waals surface area (Å²) in [4.78, 5) is 19.5. The van der Waals surface area contributed by atoms with Crippen LogP contribution in [0.5, 0.6) is 0 Å². The van der Waals surface area contributed by atoms with Gasteiger partial charge >= 0.3 is 0 Å². The minimum absolute atomic E-state index is 0.363. The van der Waals surface area contributed by atoms with E-state index in [-0.39, 0.29) is 0 Å². The number of aromatic amines is 1. The lowest BCUT2D eigenvalue weighted by Gasteiger charge is -2.32. The smallest absolute Gasteiger partial charge is 0.199 e. The topological polar surface area (TPSA) is 83.5 Å². The van der Waals surface area contributed by atoms with Crippen LogP contribution in [0.3, 0.4) is 0 Å². The number of aromatic nitrogens is 6. The molecule has 0 aliphatic carbocycles. The monoisotopic (exact) mass is 281 g/mol. The third-order valence-electron chi connectivity index (χ3n) is 3.92. The standard InChI is InChI=1S/C14H15N7/c1-2-10(9-21(7-1)11-8-15-3-4-16-11)12-13-14(20-19-12)18-6-5-17-13/h3-6,8,10H,1-2,7,9H2,(H,18,19,20). The van der Waals surface area contributed by atoms with E-state index in [4.69, 9.17) is 0 Å². The van der Waals surface area contributed by atoms with Crippen LogP contribution in [-0.2, 0) is 0 Å². The molecule has 1 fully saturated rings. The Hall–Kier alpha value is -2.57. The summed E-state index contributed by atoms with van der Waals surface area (Å²) in [5.41, 5.74) is 2.64.